The van der Waals surface area contributed by atoms with Crippen LogP contribution >= 0.6 is 27.5 Å². The Labute approximate surface area is 140 Å². The normalized spacial score (nSPS) is 12.3. The van der Waals surface area contributed by atoms with Gasteiger partial charge in [-0.25, -0.2) is 0 Å². The van der Waals surface area contributed by atoms with Crippen LogP contribution in [0.25, 0.3) is 0 Å². The van der Waals surface area contributed by atoms with Gasteiger partial charge in [-0.3, -0.25) is 0 Å². The first-order valence-electron chi connectivity index (χ1n) is 7.43. The van der Waals surface area contributed by atoms with Crippen molar-refractivity contribution in [2.75, 3.05) is 6.54 Å². The second kappa shape index (κ2) is 8.57. The van der Waals surface area contributed by atoms with Gasteiger partial charge in [0.15, 0.2) is 0 Å². The number of halogens is 2. The summed E-state index contributed by atoms with van der Waals surface area (Å²) in [5.74, 6) is 0. The molecule has 0 radical (unpaired) electrons. The molecule has 2 rings (SSSR count). The molecule has 3 heteroatoms. The van der Waals surface area contributed by atoms with Gasteiger partial charge in [0.2, 0.25) is 0 Å². The molecule has 2 aromatic carbocycles. The first-order valence-corrected chi connectivity index (χ1v) is 8.60. The molecule has 1 atom stereocenters. The zero-order valence-electron chi connectivity index (χ0n) is 12.3. The van der Waals surface area contributed by atoms with Gasteiger partial charge < -0.3 is 5.32 Å². The van der Waals surface area contributed by atoms with E-state index in [2.05, 4.69) is 70.6 Å². The van der Waals surface area contributed by atoms with E-state index in [4.69, 9.17) is 11.6 Å². The van der Waals surface area contributed by atoms with Crippen LogP contribution in [0.3, 0.4) is 0 Å². The van der Waals surface area contributed by atoms with Crippen LogP contribution in [-0.4, -0.2) is 6.54 Å². The Morgan fingerprint density at radius 1 is 1.14 bits per heavy atom. The molecule has 0 fully saturated rings. The van der Waals surface area contributed by atoms with Gasteiger partial charge in [0.1, 0.15) is 0 Å². The molecule has 21 heavy (non-hydrogen) atoms. The van der Waals surface area contributed by atoms with Crippen molar-refractivity contribution in [3.05, 3.63) is 69.2 Å². The fraction of sp³-hybridized carbons (Fsp3) is 0.333. The number of aryl methyl sites for hydroxylation is 1. The van der Waals surface area contributed by atoms with Gasteiger partial charge in [0.25, 0.3) is 0 Å². The molecule has 0 aromatic heterocycles. The van der Waals surface area contributed by atoms with Gasteiger partial charge in [-0.15, -0.1) is 0 Å². The lowest BCUT2D eigenvalue weighted by atomic mass is 9.98. The molecule has 0 amide bonds. The number of rotatable bonds is 7. The molecule has 1 nitrogen and oxygen atoms in total. The largest absolute Gasteiger partial charge is 0.310 e. The van der Waals surface area contributed by atoms with E-state index in [-0.39, 0.29) is 0 Å². The zero-order valence-corrected chi connectivity index (χ0v) is 14.6. The highest BCUT2D eigenvalue weighted by Gasteiger charge is 2.14. The van der Waals surface area contributed by atoms with Crippen molar-refractivity contribution in [2.45, 2.75) is 32.2 Å². The topological polar surface area (TPSA) is 12.0 Å². The summed E-state index contributed by atoms with van der Waals surface area (Å²) in [5, 5.41) is 4.44. The summed E-state index contributed by atoms with van der Waals surface area (Å²) in [6, 6.07) is 17.1. The Hall–Kier alpha value is -0.830. The Balaban J connectivity index is 2.10. The fourth-order valence-electron chi connectivity index (χ4n) is 2.43. The lowest BCUT2D eigenvalue weighted by molar-refractivity contribution is 0.499. The Kier molecular flexibility index (Phi) is 6.75. The molecular formula is C18H21BrClN. The first kappa shape index (κ1) is 16.5. The van der Waals surface area contributed by atoms with Crippen molar-refractivity contribution in [1.82, 2.24) is 5.32 Å². The Morgan fingerprint density at radius 3 is 2.57 bits per heavy atom. The highest BCUT2D eigenvalue weighted by molar-refractivity contribution is 9.10. The van der Waals surface area contributed by atoms with Crippen LogP contribution in [0.2, 0.25) is 5.02 Å². The maximum Gasteiger partial charge on any atom is 0.0465 e. The summed E-state index contributed by atoms with van der Waals surface area (Å²) in [4.78, 5) is 0. The van der Waals surface area contributed by atoms with E-state index >= 15 is 0 Å². The second-order valence-corrected chi connectivity index (χ2v) is 6.52. The highest BCUT2D eigenvalue weighted by atomic mass is 79.9. The highest BCUT2D eigenvalue weighted by Crippen LogP contribution is 2.29. The molecule has 0 aliphatic heterocycles. The van der Waals surface area contributed by atoms with Crippen LogP contribution in [0, 0.1) is 0 Å². The minimum Gasteiger partial charge on any atom is -0.310 e. The minimum atomic E-state index is 0.297. The first-order chi connectivity index (χ1) is 10.2. The maximum absolute atomic E-state index is 6.41. The molecule has 0 saturated heterocycles. The second-order valence-electron chi connectivity index (χ2n) is 5.20. The van der Waals surface area contributed by atoms with Crippen molar-refractivity contribution in [1.29, 1.82) is 0 Å². The summed E-state index contributed by atoms with van der Waals surface area (Å²) in [5.41, 5.74) is 2.55. The SMILES string of the molecule is CCCNC(CCc1ccccc1)c1ccc(Br)cc1Cl. The molecular weight excluding hydrogens is 346 g/mol. The van der Waals surface area contributed by atoms with Crippen molar-refractivity contribution in [3.63, 3.8) is 0 Å². The fourth-order valence-corrected chi connectivity index (χ4v) is 3.23. The van der Waals surface area contributed by atoms with E-state index in [1.54, 1.807) is 0 Å². The van der Waals surface area contributed by atoms with Gasteiger partial charge >= 0.3 is 0 Å². The van der Waals surface area contributed by atoms with Gasteiger partial charge in [0.05, 0.1) is 0 Å². The molecule has 0 bridgehead atoms. The predicted octanol–water partition coefficient (Wildman–Crippen LogP) is 5.78. The van der Waals surface area contributed by atoms with Crippen LogP contribution in [0.15, 0.2) is 53.0 Å². The average molecular weight is 367 g/mol. The smallest absolute Gasteiger partial charge is 0.0465 e. The van der Waals surface area contributed by atoms with Crippen LogP contribution in [0.5, 0.6) is 0 Å². The maximum atomic E-state index is 6.41. The van der Waals surface area contributed by atoms with Gasteiger partial charge in [-0.2, -0.15) is 0 Å². The van der Waals surface area contributed by atoms with Crippen molar-refractivity contribution >= 4 is 27.5 Å². The van der Waals surface area contributed by atoms with Crippen molar-refractivity contribution in [3.8, 4) is 0 Å². The Morgan fingerprint density at radius 2 is 1.90 bits per heavy atom. The van der Waals surface area contributed by atoms with Crippen LogP contribution in [-0.2, 0) is 6.42 Å². The average Bonchev–Trinajstić information content (AvgIpc) is 2.49. The van der Waals surface area contributed by atoms with Crippen LogP contribution < -0.4 is 5.32 Å². The molecule has 1 N–H and O–H groups in total. The van der Waals surface area contributed by atoms with Gasteiger partial charge in [0, 0.05) is 15.5 Å². The molecule has 0 spiro atoms. The number of benzene rings is 2. The molecule has 0 heterocycles. The monoisotopic (exact) mass is 365 g/mol. The third-order valence-electron chi connectivity index (χ3n) is 3.54. The van der Waals surface area contributed by atoms with Gasteiger partial charge in [-0.1, -0.05) is 70.9 Å². The van der Waals surface area contributed by atoms with E-state index < -0.39 is 0 Å². The number of nitrogens with one attached hydrogen (secondary N) is 1. The van der Waals surface area contributed by atoms with Crippen molar-refractivity contribution in [2.24, 2.45) is 0 Å². The lowest BCUT2D eigenvalue weighted by Crippen LogP contribution is -2.23. The molecule has 0 aliphatic rings. The van der Waals surface area contributed by atoms with E-state index in [0.717, 1.165) is 35.3 Å². The number of hydrogen-bond acceptors (Lipinski definition) is 1. The van der Waals surface area contributed by atoms with E-state index in [9.17, 15) is 0 Å². The van der Waals surface area contributed by atoms with E-state index in [0.29, 0.717) is 6.04 Å². The lowest BCUT2D eigenvalue weighted by Gasteiger charge is -2.20. The van der Waals surface area contributed by atoms with Gasteiger partial charge in [-0.05, 0) is 49.1 Å². The Bertz CT molecular complexity index is 556. The third kappa shape index (κ3) is 5.14. The standard InChI is InChI=1S/C18H21BrClN/c1-2-12-21-18(11-8-14-6-4-3-5-7-14)16-10-9-15(19)13-17(16)20/h3-7,9-10,13,18,21H,2,8,11-12H2,1H3. The minimum absolute atomic E-state index is 0.297. The molecule has 0 saturated carbocycles. The molecule has 0 aliphatic carbocycles. The summed E-state index contributed by atoms with van der Waals surface area (Å²) >= 11 is 9.88. The van der Waals surface area contributed by atoms with Crippen molar-refractivity contribution < 1.29 is 0 Å². The molecule has 1 unspecified atom stereocenters. The third-order valence-corrected chi connectivity index (χ3v) is 4.36. The summed E-state index contributed by atoms with van der Waals surface area (Å²) < 4.78 is 1.02. The number of hydrogen-bond donors (Lipinski definition) is 1. The summed E-state index contributed by atoms with van der Waals surface area (Å²) in [6.07, 6.45) is 3.22. The zero-order chi connectivity index (χ0) is 15.1. The summed E-state index contributed by atoms with van der Waals surface area (Å²) in [7, 11) is 0. The quantitative estimate of drug-likeness (QED) is 0.655. The summed E-state index contributed by atoms with van der Waals surface area (Å²) in [6.45, 7) is 3.19. The predicted molar refractivity (Wildman–Crippen MR) is 94.9 cm³/mol. The van der Waals surface area contributed by atoms with Crippen LogP contribution in [0.4, 0.5) is 0 Å². The molecule has 112 valence electrons. The van der Waals surface area contributed by atoms with E-state index in [1.165, 1.54) is 11.1 Å². The molecule has 2 aromatic rings. The van der Waals surface area contributed by atoms with E-state index in [1.807, 2.05) is 6.07 Å². The van der Waals surface area contributed by atoms with Crippen LogP contribution in [0.1, 0.15) is 36.9 Å².